The number of rotatable bonds is 4. The first kappa shape index (κ1) is 19.8. The fourth-order valence-electron chi connectivity index (χ4n) is 2.61. The van der Waals surface area contributed by atoms with Crippen molar-refractivity contribution in [3.8, 4) is 17.6 Å². The number of amides is 1. The first-order valence-corrected chi connectivity index (χ1v) is 9.39. The second-order valence-electron chi connectivity index (χ2n) is 6.66. The highest BCUT2D eigenvalue weighted by Gasteiger charge is 2.22. The van der Waals surface area contributed by atoms with Gasteiger partial charge in [0.05, 0.1) is 7.11 Å². The van der Waals surface area contributed by atoms with Crippen LogP contribution in [0.2, 0.25) is 5.02 Å². The average Bonchev–Trinajstić information content (AvgIpc) is 3.53. The van der Waals surface area contributed by atoms with Crippen LogP contribution < -0.4 is 10.1 Å². The van der Waals surface area contributed by atoms with Crippen LogP contribution in [0.1, 0.15) is 34.8 Å². The second kappa shape index (κ2) is 8.81. The second-order valence-corrected chi connectivity index (χ2v) is 7.10. The molecule has 1 fully saturated rings. The third kappa shape index (κ3) is 5.05. The fourth-order valence-corrected chi connectivity index (χ4v) is 2.74. The molecule has 1 atom stereocenters. The normalized spacial score (nSPS) is 13.7. The van der Waals surface area contributed by atoms with Crippen molar-refractivity contribution in [2.75, 3.05) is 14.2 Å². The lowest BCUT2D eigenvalue weighted by atomic mass is 10.1. The van der Waals surface area contributed by atoms with Crippen LogP contribution in [0.25, 0.3) is 0 Å². The van der Waals surface area contributed by atoms with Crippen LogP contribution in [0.4, 0.5) is 0 Å². The number of hydrogen-bond acceptors (Lipinski definition) is 3. The van der Waals surface area contributed by atoms with E-state index in [0.717, 1.165) is 24.2 Å². The Labute approximate surface area is 170 Å². The van der Waals surface area contributed by atoms with Gasteiger partial charge in [-0.15, -0.1) is 0 Å². The Morgan fingerprint density at radius 1 is 1.21 bits per heavy atom. The van der Waals surface area contributed by atoms with Gasteiger partial charge in [-0.3, -0.25) is 15.5 Å². The molecule has 0 spiro atoms. The van der Waals surface area contributed by atoms with Crippen LogP contribution in [-0.2, 0) is 0 Å². The quantitative estimate of drug-likeness (QED) is 0.465. The van der Waals surface area contributed by atoms with Gasteiger partial charge in [-0.1, -0.05) is 35.6 Å². The van der Waals surface area contributed by atoms with Crippen molar-refractivity contribution in [2.45, 2.75) is 18.9 Å². The maximum absolute atomic E-state index is 12.4. The Kier molecular flexibility index (Phi) is 6.23. The van der Waals surface area contributed by atoms with Crippen molar-refractivity contribution in [3.05, 3.63) is 64.7 Å². The van der Waals surface area contributed by atoms with E-state index in [4.69, 9.17) is 21.7 Å². The SMILES string of the molecule is COc1ccc(C(C#CC2CC2)N(C)C(=N)NC(=O)c2ccc(Cl)cc2)cc1. The first-order chi connectivity index (χ1) is 13.5. The van der Waals surface area contributed by atoms with Crippen molar-refractivity contribution in [1.29, 1.82) is 5.41 Å². The van der Waals surface area contributed by atoms with Crippen molar-refractivity contribution in [3.63, 3.8) is 0 Å². The zero-order valence-electron chi connectivity index (χ0n) is 15.8. The maximum Gasteiger partial charge on any atom is 0.257 e. The minimum atomic E-state index is -0.364. The molecule has 1 aliphatic carbocycles. The Hall–Kier alpha value is -2.97. The monoisotopic (exact) mass is 395 g/mol. The molecule has 2 aromatic carbocycles. The molecular weight excluding hydrogens is 374 g/mol. The van der Waals surface area contributed by atoms with E-state index >= 15 is 0 Å². The highest BCUT2D eigenvalue weighted by atomic mass is 35.5. The molecular formula is C22H22ClN3O2. The lowest BCUT2D eigenvalue weighted by Gasteiger charge is -2.27. The number of benzene rings is 2. The van der Waals surface area contributed by atoms with Gasteiger partial charge < -0.3 is 9.64 Å². The predicted octanol–water partition coefficient (Wildman–Crippen LogP) is 4.10. The number of guanidine groups is 1. The summed E-state index contributed by atoms with van der Waals surface area (Å²) in [5.41, 5.74) is 1.37. The molecule has 0 heterocycles. The van der Waals surface area contributed by atoms with E-state index in [9.17, 15) is 4.79 Å². The van der Waals surface area contributed by atoms with E-state index < -0.39 is 0 Å². The van der Waals surface area contributed by atoms with Crippen LogP contribution in [0, 0.1) is 23.2 Å². The number of hydrogen-bond donors (Lipinski definition) is 2. The van der Waals surface area contributed by atoms with E-state index in [1.165, 1.54) is 0 Å². The summed E-state index contributed by atoms with van der Waals surface area (Å²) in [4.78, 5) is 14.1. The van der Waals surface area contributed by atoms with E-state index in [0.29, 0.717) is 16.5 Å². The molecule has 0 bridgehead atoms. The molecule has 5 nitrogen and oxygen atoms in total. The summed E-state index contributed by atoms with van der Waals surface area (Å²) in [7, 11) is 3.37. The van der Waals surface area contributed by atoms with Gasteiger partial charge in [0.15, 0.2) is 5.96 Å². The number of carbonyl (C=O) groups is 1. The van der Waals surface area contributed by atoms with Gasteiger partial charge in [-0.25, -0.2) is 0 Å². The van der Waals surface area contributed by atoms with E-state index in [-0.39, 0.29) is 17.9 Å². The number of methoxy groups -OCH3 is 1. The Morgan fingerprint density at radius 3 is 2.43 bits per heavy atom. The molecule has 2 aromatic rings. The molecule has 1 amide bonds. The van der Waals surface area contributed by atoms with Crippen molar-refractivity contribution in [2.24, 2.45) is 5.92 Å². The lowest BCUT2D eigenvalue weighted by molar-refractivity contribution is 0.0972. The van der Waals surface area contributed by atoms with Gasteiger partial charge in [0.1, 0.15) is 11.8 Å². The molecule has 0 aliphatic heterocycles. The fraction of sp³-hybridized carbons (Fsp3) is 0.273. The standard InChI is InChI=1S/C22H22ClN3O2/c1-26(22(24)25-21(27)17-6-10-18(23)11-7-17)20(14-5-15-3-4-15)16-8-12-19(28-2)13-9-16/h6-13,15,20H,3-4H2,1-2H3,(H2,24,25,27). The van der Waals surface area contributed by atoms with Gasteiger partial charge in [0.25, 0.3) is 5.91 Å². The average molecular weight is 396 g/mol. The molecule has 144 valence electrons. The van der Waals surface area contributed by atoms with Crippen LogP contribution in [0.5, 0.6) is 5.75 Å². The van der Waals surface area contributed by atoms with Crippen molar-refractivity contribution >= 4 is 23.5 Å². The third-order valence-corrected chi connectivity index (χ3v) is 4.76. The highest BCUT2D eigenvalue weighted by molar-refractivity contribution is 6.30. The predicted molar refractivity (Wildman–Crippen MR) is 111 cm³/mol. The zero-order valence-corrected chi connectivity index (χ0v) is 16.6. The molecule has 1 unspecified atom stereocenters. The zero-order chi connectivity index (χ0) is 20.1. The minimum Gasteiger partial charge on any atom is -0.497 e. The number of nitrogens with zero attached hydrogens (tertiary/aromatic N) is 1. The Bertz CT molecular complexity index is 910. The first-order valence-electron chi connectivity index (χ1n) is 9.01. The van der Waals surface area contributed by atoms with Crippen molar-refractivity contribution < 1.29 is 9.53 Å². The molecule has 1 aliphatic rings. The van der Waals surface area contributed by atoms with Gasteiger partial charge in [-0.2, -0.15) is 0 Å². The van der Waals surface area contributed by atoms with Gasteiger partial charge in [0, 0.05) is 23.6 Å². The van der Waals surface area contributed by atoms with Crippen LogP contribution in [-0.4, -0.2) is 30.9 Å². The number of halogens is 1. The summed E-state index contributed by atoms with van der Waals surface area (Å²) in [6.45, 7) is 0. The van der Waals surface area contributed by atoms with Crippen molar-refractivity contribution in [1.82, 2.24) is 10.2 Å². The van der Waals surface area contributed by atoms with E-state index in [1.54, 1.807) is 43.3 Å². The largest absolute Gasteiger partial charge is 0.497 e. The van der Waals surface area contributed by atoms with Gasteiger partial charge >= 0.3 is 0 Å². The third-order valence-electron chi connectivity index (χ3n) is 4.51. The molecule has 2 N–H and O–H groups in total. The van der Waals surface area contributed by atoms with E-state index in [2.05, 4.69) is 17.2 Å². The molecule has 1 saturated carbocycles. The minimum absolute atomic E-state index is 0.0223. The summed E-state index contributed by atoms with van der Waals surface area (Å²) < 4.78 is 5.22. The lowest BCUT2D eigenvalue weighted by Crippen LogP contribution is -2.42. The molecule has 0 saturated heterocycles. The van der Waals surface area contributed by atoms with Gasteiger partial charge in [0.2, 0.25) is 0 Å². The Morgan fingerprint density at radius 2 is 1.86 bits per heavy atom. The van der Waals surface area contributed by atoms with E-state index in [1.807, 2.05) is 24.3 Å². The highest BCUT2D eigenvalue weighted by Crippen LogP contribution is 2.29. The summed E-state index contributed by atoms with van der Waals surface area (Å²) in [6.07, 6.45) is 2.24. The maximum atomic E-state index is 12.4. The smallest absolute Gasteiger partial charge is 0.257 e. The number of ether oxygens (including phenoxy) is 1. The van der Waals surface area contributed by atoms with Crippen LogP contribution >= 0.6 is 11.6 Å². The molecule has 0 radical (unpaired) electrons. The molecule has 3 rings (SSSR count). The Balaban J connectivity index is 1.76. The van der Waals surface area contributed by atoms with Gasteiger partial charge in [-0.05, 0) is 54.8 Å². The molecule has 6 heteroatoms. The number of nitrogens with one attached hydrogen (secondary N) is 2. The summed E-state index contributed by atoms with van der Waals surface area (Å²) in [5, 5.41) is 11.5. The molecule has 0 aromatic heterocycles. The summed E-state index contributed by atoms with van der Waals surface area (Å²) in [6, 6.07) is 13.8. The number of carbonyl (C=O) groups excluding carboxylic acids is 1. The topological polar surface area (TPSA) is 65.4 Å². The summed E-state index contributed by atoms with van der Waals surface area (Å²) >= 11 is 5.86. The van der Waals surface area contributed by atoms with Crippen LogP contribution in [0.15, 0.2) is 48.5 Å². The van der Waals surface area contributed by atoms with Crippen LogP contribution in [0.3, 0.4) is 0 Å². The summed E-state index contributed by atoms with van der Waals surface area (Å²) in [5.74, 6) is 7.33. The molecule has 28 heavy (non-hydrogen) atoms.